The molecule has 0 fully saturated rings. The van der Waals surface area contributed by atoms with E-state index in [9.17, 15) is 5.11 Å². The molecular formula is C15H25ClN2O2. The summed E-state index contributed by atoms with van der Waals surface area (Å²) in [6.45, 7) is 7.04. The summed E-state index contributed by atoms with van der Waals surface area (Å²) in [5, 5.41) is 13.4. The molecule has 0 aliphatic heterocycles. The lowest BCUT2D eigenvalue weighted by Crippen LogP contribution is -2.32. The highest BCUT2D eigenvalue weighted by atomic mass is 35.5. The van der Waals surface area contributed by atoms with Crippen LogP contribution in [0.2, 0.25) is 5.02 Å². The fraction of sp³-hybridized carbons (Fsp3) is 0.600. The third kappa shape index (κ3) is 5.67. The van der Waals surface area contributed by atoms with Crippen LogP contribution in [0.1, 0.15) is 19.4 Å². The molecule has 0 spiro atoms. The van der Waals surface area contributed by atoms with Gasteiger partial charge >= 0.3 is 0 Å². The zero-order chi connectivity index (χ0) is 15.0. The molecule has 0 radical (unpaired) electrons. The third-order valence-electron chi connectivity index (χ3n) is 3.02. The van der Waals surface area contributed by atoms with Gasteiger partial charge in [-0.15, -0.1) is 0 Å². The highest BCUT2D eigenvalue weighted by molar-refractivity contribution is 6.30. The average molecular weight is 301 g/mol. The van der Waals surface area contributed by atoms with E-state index >= 15 is 0 Å². The highest BCUT2D eigenvalue weighted by Crippen LogP contribution is 2.24. The van der Waals surface area contributed by atoms with Crippen LogP contribution < -0.4 is 10.2 Å². The number of ether oxygens (including phenoxy) is 1. The Bertz CT molecular complexity index is 399. The third-order valence-corrected chi connectivity index (χ3v) is 3.25. The van der Waals surface area contributed by atoms with Crippen LogP contribution in [0.4, 0.5) is 5.69 Å². The number of nitrogens with one attached hydrogen (secondary N) is 1. The van der Waals surface area contributed by atoms with Crippen molar-refractivity contribution in [3.8, 4) is 0 Å². The lowest BCUT2D eigenvalue weighted by Gasteiger charge is -2.27. The van der Waals surface area contributed by atoms with Gasteiger partial charge in [0.2, 0.25) is 0 Å². The van der Waals surface area contributed by atoms with Crippen LogP contribution in [0.15, 0.2) is 18.2 Å². The first-order valence-electron chi connectivity index (χ1n) is 6.95. The van der Waals surface area contributed by atoms with Crippen LogP contribution in [0, 0.1) is 0 Å². The van der Waals surface area contributed by atoms with E-state index in [1.165, 1.54) is 0 Å². The van der Waals surface area contributed by atoms with E-state index in [2.05, 4.69) is 24.1 Å². The molecule has 0 aromatic heterocycles. The normalized spacial score (nSPS) is 11.1. The lowest BCUT2D eigenvalue weighted by atomic mass is 10.1. The topological polar surface area (TPSA) is 44.7 Å². The van der Waals surface area contributed by atoms with Crippen LogP contribution in [0.25, 0.3) is 0 Å². The number of rotatable bonds is 9. The molecule has 2 N–H and O–H groups in total. The molecule has 4 nitrogen and oxygen atoms in total. The van der Waals surface area contributed by atoms with Gasteiger partial charge in [-0.1, -0.05) is 25.4 Å². The van der Waals surface area contributed by atoms with Crippen molar-refractivity contribution in [2.75, 3.05) is 38.3 Å². The van der Waals surface area contributed by atoms with E-state index in [-0.39, 0.29) is 6.61 Å². The molecule has 1 aromatic carbocycles. The van der Waals surface area contributed by atoms with Gasteiger partial charge in [-0.3, -0.25) is 0 Å². The summed E-state index contributed by atoms with van der Waals surface area (Å²) in [7, 11) is 1.68. The molecule has 0 amide bonds. The standard InChI is InChI=1S/C15H25ClN2O2/c1-12(2)17-11-13-10-14(16)4-5-15(13)18(6-8-19)7-9-20-3/h4-5,10,12,17,19H,6-9,11H2,1-3H3. The number of methoxy groups -OCH3 is 1. The second-order valence-corrected chi connectivity index (χ2v) is 5.45. The molecule has 5 heteroatoms. The van der Waals surface area contributed by atoms with Crippen LogP contribution >= 0.6 is 11.6 Å². The molecular weight excluding hydrogens is 276 g/mol. The van der Waals surface area contributed by atoms with E-state index in [0.29, 0.717) is 19.2 Å². The zero-order valence-electron chi connectivity index (χ0n) is 12.5. The van der Waals surface area contributed by atoms with Gasteiger partial charge in [0.25, 0.3) is 0 Å². The number of hydrogen-bond donors (Lipinski definition) is 2. The van der Waals surface area contributed by atoms with E-state index in [1.807, 2.05) is 18.2 Å². The number of hydrogen-bond acceptors (Lipinski definition) is 4. The first kappa shape index (κ1) is 17.2. The van der Waals surface area contributed by atoms with Gasteiger partial charge in [-0.25, -0.2) is 0 Å². The summed E-state index contributed by atoms with van der Waals surface area (Å²) in [6, 6.07) is 6.27. The highest BCUT2D eigenvalue weighted by Gasteiger charge is 2.11. The molecule has 0 atom stereocenters. The van der Waals surface area contributed by atoms with Crippen molar-refractivity contribution in [3.63, 3.8) is 0 Å². The van der Waals surface area contributed by atoms with Crippen molar-refractivity contribution >= 4 is 17.3 Å². The number of benzene rings is 1. The minimum Gasteiger partial charge on any atom is -0.395 e. The fourth-order valence-electron chi connectivity index (χ4n) is 1.99. The molecule has 0 saturated carbocycles. The number of aliphatic hydroxyl groups is 1. The minimum absolute atomic E-state index is 0.114. The van der Waals surface area contributed by atoms with Gasteiger partial charge in [0.15, 0.2) is 0 Å². The van der Waals surface area contributed by atoms with Gasteiger partial charge in [0.05, 0.1) is 13.2 Å². The number of anilines is 1. The Hall–Kier alpha value is -0.810. The van der Waals surface area contributed by atoms with Crippen LogP contribution in [0.5, 0.6) is 0 Å². The fourth-order valence-corrected chi connectivity index (χ4v) is 2.19. The first-order chi connectivity index (χ1) is 9.58. The van der Waals surface area contributed by atoms with E-state index in [0.717, 1.165) is 29.4 Å². The Labute approximate surface area is 126 Å². The lowest BCUT2D eigenvalue weighted by molar-refractivity contribution is 0.203. The zero-order valence-corrected chi connectivity index (χ0v) is 13.3. The Kier molecular flexibility index (Phi) is 7.92. The monoisotopic (exact) mass is 300 g/mol. The smallest absolute Gasteiger partial charge is 0.0637 e. The van der Waals surface area contributed by atoms with E-state index in [1.54, 1.807) is 7.11 Å². The van der Waals surface area contributed by atoms with Crippen molar-refractivity contribution < 1.29 is 9.84 Å². The van der Waals surface area contributed by atoms with Gasteiger partial charge in [-0.2, -0.15) is 0 Å². The number of nitrogens with zero attached hydrogens (tertiary/aromatic N) is 1. The van der Waals surface area contributed by atoms with Crippen molar-refractivity contribution in [2.24, 2.45) is 0 Å². The Balaban J connectivity index is 2.92. The largest absolute Gasteiger partial charge is 0.395 e. The van der Waals surface area contributed by atoms with Crippen LogP contribution in [-0.2, 0) is 11.3 Å². The van der Waals surface area contributed by atoms with E-state index < -0.39 is 0 Å². The molecule has 20 heavy (non-hydrogen) atoms. The summed E-state index contributed by atoms with van der Waals surface area (Å²) in [5.74, 6) is 0. The van der Waals surface area contributed by atoms with Crippen molar-refractivity contribution in [2.45, 2.75) is 26.4 Å². The van der Waals surface area contributed by atoms with E-state index in [4.69, 9.17) is 16.3 Å². The number of aliphatic hydroxyl groups excluding tert-OH is 1. The summed E-state index contributed by atoms with van der Waals surface area (Å²) < 4.78 is 5.14. The van der Waals surface area contributed by atoms with Crippen LogP contribution in [0.3, 0.4) is 0 Å². The SMILES string of the molecule is COCCN(CCO)c1ccc(Cl)cc1CNC(C)C. The minimum atomic E-state index is 0.114. The molecule has 0 saturated heterocycles. The molecule has 1 aromatic rings. The molecule has 0 aliphatic carbocycles. The van der Waals surface area contributed by atoms with Gasteiger partial charge in [0, 0.05) is 43.5 Å². The molecule has 114 valence electrons. The predicted octanol–water partition coefficient (Wildman–Crippen LogP) is 2.28. The van der Waals surface area contributed by atoms with Crippen molar-refractivity contribution in [1.82, 2.24) is 5.32 Å². The van der Waals surface area contributed by atoms with Gasteiger partial charge < -0.3 is 20.1 Å². The summed E-state index contributed by atoms with van der Waals surface area (Å²) in [4.78, 5) is 2.12. The van der Waals surface area contributed by atoms with Crippen molar-refractivity contribution in [1.29, 1.82) is 0 Å². The van der Waals surface area contributed by atoms with Crippen molar-refractivity contribution in [3.05, 3.63) is 28.8 Å². The number of halogens is 1. The first-order valence-corrected chi connectivity index (χ1v) is 7.32. The molecule has 0 aliphatic rings. The second kappa shape index (κ2) is 9.19. The molecule has 0 unspecified atom stereocenters. The Morgan fingerprint density at radius 1 is 1.35 bits per heavy atom. The summed E-state index contributed by atoms with van der Waals surface area (Å²) in [6.07, 6.45) is 0. The average Bonchev–Trinajstić information content (AvgIpc) is 2.41. The summed E-state index contributed by atoms with van der Waals surface area (Å²) in [5.41, 5.74) is 2.23. The molecule has 0 heterocycles. The maximum Gasteiger partial charge on any atom is 0.0637 e. The second-order valence-electron chi connectivity index (χ2n) is 5.01. The Morgan fingerprint density at radius 3 is 2.70 bits per heavy atom. The maximum atomic E-state index is 9.24. The van der Waals surface area contributed by atoms with Gasteiger partial charge in [-0.05, 0) is 23.8 Å². The molecule has 0 bridgehead atoms. The van der Waals surface area contributed by atoms with Gasteiger partial charge in [0.1, 0.15) is 0 Å². The van der Waals surface area contributed by atoms with Crippen LogP contribution in [-0.4, -0.2) is 44.6 Å². The molecule has 1 rings (SSSR count). The summed E-state index contributed by atoms with van der Waals surface area (Å²) >= 11 is 6.10. The maximum absolute atomic E-state index is 9.24. The Morgan fingerprint density at radius 2 is 2.10 bits per heavy atom. The quantitative estimate of drug-likeness (QED) is 0.734. The predicted molar refractivity (Wildman–Crippen MR) is 84.6 cm³/mol.